The number of hydrogen-bond acceptors (Lipinski definition) is 3. The average Bonchev–Trinajstić information content (AvgIpc) is 2.14. The summed E-state index contributed by atoms with van der Waals surface area (Å²) in [7, 11) is 1.54. The van der Waals surface area contributed by atoms with Crippen molar-refractivity contribution >= 4 is 11.9 Å². The number of carboxylic acids is 1. The first kappa shape index (κ1) is 12.9. The summed E-state index contributed by atoms with van der Waals surface area (Å²) in [5.41, 5.74) is 0. The summed E-state index contributed by atoms with van der Waals surface area (Å²) in [5.74, 6) is -1.07. The number of carbonyl (C=O) groups is 2. The van der Waals surface area contributed by atoms with Gasteiger partial charge in [0.05, 0.1) is 13.1 Å². The minimum absolute atomic E-state index is 0.0948. The number of nitrogens with zero attached hydrogens (tertiary/aromatic N) is 1. The fourth-order valence-electron chi connectivity index (χ4n) is 1.06. The molecule has 1 unspecified atom stereocenters. The van der Waals surface area contributed by atoms with Gasteiger partial charge in [0.2, 0.25) is 5.91 Å². The molecule has 0 aromatic heterocycles. The summed E-state index contributed by atoms with van der Waals surface area (Å²) in [4.78, 5) is 23.2. The molecule has 1 amide bonds. The second kappa shape index (κ2) is 6.37. The Kier molecular flexibility index (Phi) is 5.87. The molecule has 0 aromatic carbocycles. The van der Waals surface area contributed by atoms with E-state index in [0.29, 0.717) is 0 Å². The number of rotatable bonds is 6. The van der Waals surface area contributed by atoms with Gasteiger partial charge in [0.15, 0.2) is 0 Å². The van der Waals surface area contributed by atoms with Crippen LogP contribution in [0.15, 0.2) is 0 Å². The minimum atomic E-state index is -0.908. The van der Waals surface area contributed by atoms with Gasteiger partial charge in [-0.15, -0.1) is 0 Å². The topological polar surface area (TPSA) is 69.6 Å². The molecule has 0 spiro atoms. The molecule has 0 fully saturated rings. The molecule has 0 radical (unpaired) electrons. The van der Waals surface area contributed by atoms with E-state index in [0.717, 1.165) is 6.42 Å². The number of likely N-dealkylation sites (N-methyl/N-ethyl adjacent to an activating group) is 1. The molecule has 5 heteroatoms. The fourth-order valence-corrected chi connectivity index (χ4v) is 1.06. The highest BCUT2D eigenvalue weighted by Gasteiger charge is 2.17. The van der Waals surface area contributed by atoms with Crippen molar-refractivity contribution in [2.75, 3.05) is 20.1 Å². The van der Waals surface area contributed by atoms with Gasteiger partial charge in [-0.25, -0.2) is 0 Å². The van der Waals surface area contributed by atoms with E-state index in [1.807, 2.05) is 13.8 Å². The van der Waals surface area contributed by atoms with E-state index in [1.54, 1.807) is 4.90 Å². The van der Waals surface area contributed by atoms with Gasteiger partial charge in [0.25, 0.3) is 0 Å². The molecule has 0 bridgehead atoms. The molecule has 5 nitrogen and oxygen atoms in total. The molecule has 0 saturated carbocycles. The van der Waals surface area contributed by atoms with Crippen molar-refractivity contribution in [3.8, 4) is 0 Å². The van der Waals surface area contributed by atoms with E-state index < -0.39 is 5.97 Å². The lowest BCUT2D eigenvalue weighted by Crippen LogP contribution is -2.43. The summed E-state index contributed by atoms with van der Waals surface area (Å²) in [6.07, 6.45) is 0.824. The number of carbonyl (C=O) groups excluding carboxylic acids is 1. The Labute approximate surface area is 84.1 Å². The minimum Gasteiger partial charge on any atom is -0.480 e. The lowest BCUT2D eigenvalue weighted by Gasteiger charge is -2.25. The lowest BCUT2D eigenvalue weighted by molar-refractivity contribution is -0.139. The Morgan fingerprint density at radius 1 is 1.43 bits per heavy atom. The molecule has 0 heterocycles. The van der Waals surface area contributed by atoms with E-state index in [9.17, 15) is 9.59 Å². The first-order valence-electron chi connectivity index (χ1n) is 4.67. The molecule has 0 saturated heterocycles. The van der Waals surface area contributed by atoms with Crippen LogP contribution in [0.4, 0.5) is 0 Å². The third-order valence-electron chi connectivity index (χ3n) is 2.18. The Balaban J connectivity index is 4.23. The molecule has 1 atom stereocenters. The molecule has 14 heavy (non-hydrogen) atoms. The van der Waals surface area contributed by atoms with Crippen LogP contribution in [0.3, 0.4) is 0 Å². The highest BCUT2D eigenvalue weighted by Crippen LogP contribution is 2.02. The zero-order chi connectivity index (χ0) is 11.1. The van der Waals surface area contributed by atoms with Gasteiger partial charge in [-0.1, -0.05) is 6.92 Å². The number of carboxylic acid groups (broad SMARTS) is 1. The third kappa shape index (κ3) is 4.81. The second-order valence-corrected chi connectivity index (χ2v) is 3.23. The van der Waals surface area contributed by atoms with Crippen LogP contribution in [0, 0.1) is 0 Å². The quantitative estimate of drug-likeness (QED) is 0.632. The van der Waals surface area contributed by atoms with Gasteiger partial charge >= 0.3 is 5.97 Å². The zero-order valence-corrected chi connectivity index (χ0v) is 8.91. The summed E-state index contributed by atoms with van der Waals surface area (Å²) < 4.78 is 0. The number of nitrogens with one attached hydrogen (secondary N) is 1. The summed E-state index contributed by atoms with van der Waals surface area (Å²) in [6, 6.07) is 0.100. The van der Waals surface area contributed by atoms with E-state index >= 15 is 0 Å². The van der Waals surface area contributed by atoms with E-state index in [1.165, 1.54) is 7.05 Å². The maximum absolute atomic E-state index is 11.1. The fraction of sp³-hybridized carbons (Fsp3) is 0.778. The van der Waals surface area contributed by atoms with E-state index in [-0.39, 0.29) is 25.0 Å². The first-order chi connectivity index (χ1) is 6.51. The molecular weight excluding hydrogens is 184 g/mol. The molecule has 0 aliphatic rings. The van der Waals surface area contributed by atoms with Gasteiger partial charge in [0.1, 0.15) is 0 Å². The van der Waals surface area contributed by atoms with Crippen molar-refractivity contribution in [2.24, 2.45) is 0 Å². The van der Waals surface area contributed by atoms with E-state index in [2.05, 4.69) is 5.32 Å². The van der Waals surface area contributed by atoms with Crippen molar-refractivity contribution in [1.82, 2.24) is 10.2 Å². The smallest absolute Gasteiger partial charge is 0.317 e. The molecular formula is C9H18N2O3. The van der Waals surface area contributed by atoms with Crippen LogP contribution in [-0.2, 0) is 9.59 Å². The maximum atomic E-state index is 11.1. The van der Waals surface area contributed by atoms with Gasteiger partial charge in [-0.2, -0.15) is 0 Å². The van der Waals surface area contributed by atoms with Crippen LogP contribution < -0.4 is 5.32 Å². The van der Waals surface area contributed by atoms with Crippen molar-refractivity contribution in [3.05, 3.63) is 0 Å². The average molecular weight is 202 g/mol. The van der Waals surface area contributed by atoms with Crippen molar-refractivity contribution < 1.29 is 14.7 Å². The summed E-state index contributed by atoms with van der Waals surface area (Å²) in [6.45, 7) is 3.91. The highest BCUT2D eigenvalue weighted by molar-refractivity contribution is 5.78. The van der Waals surface area contributed by atoms with Gasteiger partial charge in [-0.05, 0) is 13.3 Å². The van der Waals surface area contributed by atoms with Crippen molar-refractivity contribution in [3.63, 3.8) is 0 Å². The normalized spacial score (nSPS) is 12.6. The second-order valence-electron chi connectivity index (χ2n) is 3.23. The molecule has 82 valence electrons. The van der Waals surface area contributed by atoms with Crippen LogP contribution in [0.25, 0.3) is 0 Å². The van der Waals surface area contributed by atoms with Crippen LogP contribution in [-0.4, -0.2) is 48.1 Å². The first-order valence-corrected chi connectivity index (χ1v) is 4.67. The van der Waals surface area contributed by atoms with Crippen LogP contribution >= 0.6 is 0 Å². The van der Waals surface area contributed by atoms with Crippen LogP contribution in [0.5, 0.6) is 0 Å². The largest absolute Gasteiger partial charge is 0.480 e. The summed E-state index contributed by atoms with van der Waals surface area (Å²) >= 11 is 0. The maximum Gasteiger partial charge on any atom is 0.317 e. The Morgan fingerprint density at radius 3 is 2.36 bits per heavy atom. The summed E-state index contributed by atoms with van der Waals surface area (Å²) in [5, 5.41) is 11.1. The molecule has 0 rings (SSSR count). The van der Waals surface area contributed by atoms with Crippen molar-refractivity contribution in [2.45, 2.75) is 26.3 Å². The van der Waals surface area contributed by atoms with E-state index in [4.69, 9.17) is 5.11 Å². The predicted molar refractivity (Wildman–Crippen MR) is 53.0 cm³/mol. The number of hydrogen-bond donors (Lipinski definition) is 2. The lowest BCUT2D eigenvalue weighted by atomic mass is 10.2. The highest BCUT2D eigenvalue weighted by atomic mass is 16.4. The molecule has 0 aliphatic carbocycles. The standard InChI is InChI=1S/C9H18N2O3/c1-4-7(2)11(6-9(13)14)5-8(12)10-3/h7H,4-6H2,1-3H3,(H,10,12)(H,13,14). The predicted octanol–water partition coefficient (Wildman–Crippen LogP) is -0.0825. The van der Waals surface area contributed by atoms with Gasteiger partial charge in [0, 0.05) is 13.1 Å². The van der Waals surface area contributed by atoms with Gasteiger partial charge in [-0.3, -0.25) is 14.5 Å². The Morgan fingerprint density at radius 2 is 2.00 bits per heavy atom. The number of aliphatic carboxylic acids is 1. The monoisotopic (exact) mass is 202 g/mol. The zero-order valence-electron chi connectivity index (χ0n) is 8.91. The Hall–Kier alpha value is -1.10. The molecule has 0 aromatic rings. The number of amides is 1. The molecule has 2 N–H and O–H groups in total. The van der Waals surface area contributed by atoms with Gasteiger partial charge < -0.3 is 10.4 Å². The van der Waals surface area contributed by atoms with Crippen LogP contribution in [0.2, 0.25) is 0 Å². The SMILES string of the molecule is CCC(C)N(CC(=O)O)CC(=O)NC. The Bertz CT molecular complexity index is 206. The van der Waals surface area contributed by atoms with Crippen LogP contribution in [0.1, 0.15) is 20.3 Å². The molecule has 0 aliphatic heterocycles. The third-order valence-corrected chi connectivity index (χ3v) is 2.18. The van der Waals surface area contributed by atoms with Crippen molar-refractivity contribution in [1.29, 1.82) is 0 Å².